The summed E-state index contributed by atoms with van der Waals surface area (Å²) in [6.07, 6.45) is -4.30. The van der Waals surface area contributed by atoms with Gasteiger partial charge in [-0.3, -0.25) is 19.4 Å². The number of nitrogens with one attached hydrogen (secondary N) is 1. The van der Waals surface area contributed by atoms with Crippen molar-refractivity contribution < 1.29 is 37.0 Å². The van der Waals surface area contributed by atoms with E-state index in [1.807, 2.05) is 0 Å². The largest absolute Gasteiger partial charge is 0.466 e. The summed E-state index contributed by atoms with van der Waals surface area (Å²) < 4.78 is 48.0. The summed E-state index contributed by atoms with van der Waals surface area (Å²) in [5.41, 5.74) is -2.30. The van der Waals surface area contributed by atoms with Gasteiger partial charge in [0.2, 0.25) is 5.91 Å². The van der Waals surface area contributed by atoms with E-state index in [9.17, 15) is 27.6 Å². The van der Waals surface area contributed by atoms with Gasteiger partial charge in [0.05, 0.1) is 24.7 Å². The number of hydrogen-bond donors (Lipinski definition) is 1. The summed E-state index contributed by atoms with van der Waals surface area (Å²) in [7, 11) is 0. The molecule has 0 saturated heterocycles. The minimum Gasteiger partial charge on any atom is -0.466 e. The highest BCUT2D eigenvalue weighted by atomic mass is 19.4. The molecule has 0 aliphatic rings. The predicted molar refractivity (Wildman–Crippen MR) is 91.8 cm³/mol. The number of hydrogen-bond acceptors (Lipinski definition) is 6. The molecular weight excluding hydrogens is 381 g/mol. The molecule has 1 aromatic heterocycles. The second kappa shape index (κ2) is 9.52. The van der Waals surface area contributed by atoms with Crippen LogP contribution in [0.1, 0.15) is 51.4 Å². The van der Waals surface area contributed by atoms with Gasteiger partial charge in [0.1, 0.15) is 12.1 Å². The standard InChI is InChI=1S/C18H23F3N2O5/c1-5-27-14(25)9-13(24)23-15(17(3,4)16(26)28-6-2)11-7-8-12(22-10-11)18(19,20)21/h7-8,10,15H,5-6,9H2,1-4H3,(H,23,24). The fourth-order valence-electron chi connectivity index (χ4n) is 2.41. The molecule has 1 N–H and O–H groups in total. The fraction of sp³-hybridized carbons (Fsp3) is 0.556. The van der Waals surface area contributed by atoms with Crippen molar-refractivity contribution in [1.82, 2.24) is 10.3 Å². The number of carbonyl (C=O) groups is 3. The van der Waals surface area contributed by atoms with Crippen LogP contribution in [0.25, 0.3) is 0 Å². The summed E-state index contributed by atoms with van der Waals surface area (Å²) in [5, 5.41) is 2.50. The van der Waals surface area contributed by atoms with Crippen LogP contribution in [0.2, 0.25) is 0 Å². The Kier molecular flexibility index (Phi) is 7.95. The van der Waals surface area contributed by atoms with Gasteiger partial charge in [-0.2, -0.15) is 13.2 Å². The van der Waals surface area contributed by atoms with E-state index in [-0.39, 0.29) is 18.8 Å². The third-order valence-corrected chi connectivity index (χ3v) is 3.85. The summed E-state index contributed by atoms with van der Waals surface area (Å²) in [6.45, 7) is 6.29. The first-order valence-corrected chi connectivity index (χ1v) is 8.58. The maximum atomic E-state index is 12.8. The second-order valence-electron chi connectivity index (χ2n) is 6.40. The van der Waals surface area contributed by atoms with Crippen LogP contribution in [0.4, 0.5) is 13.2 Å². The number of esters is 2. The molecule has 0 bridgehead atoms. The van der Waals surface area contributed by atoms with Gasteiger partial charge in [0.15, 0.2) is 0 Å². The van der Waals surface area contributed by atoms with Crippen molar-refractivity contribution in [2.75, 3.05) is 13.2 Å². The molecule has 0 fully saturated rings. The van der Waals surface area contributed by atoms with Crippen LogP contribution >= 0.6 is 0 Å². The van der Waals surface area contributed by atoms with Crippen LogP contribution in [-0.2, 0) is 30.0 Å². The van der Waals surface area contributed by atoms with Crippen molar-refractivity contribution in [3.63, 3.8) is 0 Å². The topological polar surface area (TPSA) is 94.6 Å². The van der Waals surface area contributed by atoms with Crippen LogP contribution in [0.3, 0.4) is 0 Å². The number of pyridine rings is 1. The zero-order chi connectivity index (χ0) is 21.5. The van der Waals surface area contributed by atoms with Gasteiger partial charge in [-0.15, -0.1) is 0 Å². The lowest BCUT2D eigenvalue weighted by atomic mass is 9.80. The number of aromatic nitrogens is 1. The first kappa shape index (κ1) is 23.4. The maximum absolute atomic E-state index is 12.8. The van der Waals surface area contributed by atoms with E-state index in [1.54, 1.807) is 13.8 Å². The lowest BCUT2D eigenvalue weighted by Crippen LogP contribution is -2.44. The Balaban J connectivity index is 3.19. The minimum absolute atomic E-state index is 0.0804. The van der Waals surface area contributed by atoms with Gasteiger partial charge in [0, 0.05) is 6.20 Å². The Morgan fingerprint density at radius 3 is 2.18 bits per heavy atom. The highest BCUT2D eigenvalue weighted by molar-refractivity contribution is 5.94. The molecule has 0 saturated carbocycles. The molecule has 7 nitrogen and oxygen atoms in total. The van der Waals surface area contributed by atoms with Crippen molar-refractivity contribution in [3.05, 3.63) is 29.6 Å². The van der Waals surface area contributed by atoms with Gasteiger partial charge >= 0.3 is 18.1 Å². The average molecular weight is 404 g/mol. The molecule has 28 heavy (non-hydrogen) atoms. The Hall–Kier alpha value is -2.65. The van der Waals surface area contributed by atoms with Crippen molar-refractivity contribution in [2.24, 2.45) is 5.41 Å². The van der Waals surface area contributed by atoms with E-state index in [0.29, 0.717) is 0 Å². The molecule has 1 atom stereocenters. The smallest absolute Gasteiger partial charge is 0.433 e. The summed E-state index contributed by atoms with van der Waals surface area (Å²) in [6, 6.07) is 0.788. The summed E-state index contributed by atoms with van der Waals surface area (Å²) >= 11 is 0. The Labute approximate surface area is 160 Å². The molecule has 0 spiro atoms. The fourth-order valence-corrected chi connectivity index (χ4v) is 2.41. The summed E-state index contributed by atoms with van der Waals surface area (Å²) in [5.74, 6) is -2.18. The molecule has 10 heteroatoms. The molecule has 1 unspecified atom stereocenters. The van der Waals surface area contributed by atoms with Gasteiger partial charge in [-0.1, -0.05) is 6.07 Å². The zero-order valence-electron chi connectivity index (χ0n) is 16.1. The maximum Gasteiger partial charge on any atom is 0.433 e. The summed E-state index contributed by atoms with van der Waals surface area (Å²) in [4.78, 5) is 39.4. The molecule has 1 aromatic rings. The van der Waals surface area contributed by atoms with E-state index in [0.717, 1.165) is 18.3 Å². The normalized spacial score (nSPS) is 12.8. The van der Waals surface area contributed by atoms with Gasteiger partial charge in [0.25, 0.3) is 0 Å². The molecular formula is C18H23F3N2O5. The van der Waals surface area contributed by atoms with Crippen LogP contribution in [0, 0.1) is 5.41 Å². The number of nitrogens with zero attached hydrogens (tertiary/aromatic N) is 1. The number of rotatable bonds is 8. The van der Waals surface area contributed by atoms with E-state index in [1.165, 1.54) is 13.8 Å². The van der Waals surface area contributed by atoms with Gasteiger partial charge in [-0.05, 0) is 39.3 Å². The van der Waals surface area contributed by atoms with E-state index in [2.05, 4.69) is 10.3 Å². The molecule has 0 radical (unpaired) electrons. The minimum atomic E-state index is -4.63. The molecule has 0 aliphatic carbocycles. The van der Waals surface area contributed by atoms with Crippen molar-refractivity contribution in [2.45, 2.75) is 46.3 Å². The van der Waals surface area contributed by atoms with Crippen LogP contribution < -0.4 is 5.32 Å². The highest BCUT2D eigenvalue weighted by Gasteiger charge is 2.41. The van der Waals surface area contributed by atoms with Crippen LogP contribution in [-0.4, -0.2) is 36.0 Å². The van der Waals surface area contributed by atoms with Gasteiger partial charge in [-0.25, -0.2) is 0 Å². The number of ether oxygens (including phenoxy) is 2. The monoisotopic (exact) mass is 404 g/mol. The third kappa shape index (κ3) is 6.21. The van der Waals surface area contributed by atoms with Crippen LogP contribution in [0.15, 0.2) is 18.3 Å². The molecule has 156 valence electrons. The van der Waals surface area contributed by atoms with E-state index < -0.39 is 47.6 Å². The average Bonchev–Trinajstić information content (AvgIpc) is 2.59. The number of halogens is 3. The second-order valence-corrected chi connectivity index (χ2v) is 6.40. The first-order chi connectivity index (χ1) is 12.9. The Bertz CT molecular complexity index is 702. The van der Waals surface area contributed by atoms with Crippen LogP contribution in [0.5, 0.6) is 0 Å². The molecule has 1 heterocycles. The molecule has 0 aliphatic heterocycles. The van der Waals surface area contributed by atoms with E-state index in [4.69, 9.17) is 9.47 Å². The Morgan fingerprint density at radius 2 is 1.71 bits per heavy atom. The number of alkyl halides is 3. The quantitative estimate of drug-likeness (QED) is 0.529. The third-order valence-electron chi connectivity index (χ3n) is 3.85. The van der Waals surface area contributed by atoms with Crippen molar-refractivity contribution in [1.29, 1.82) is 0 Å². The number of amides is 1. The Morgan fingerprint density at radius 1 is 1.11 bits per heavy atom. The van der Waals surface area contributed by atoms with Crippen molar-refractivity contribution in [3.8, 4) is 0 Å². The lowest BCUT2D eigenvalue weighted by molar-refractivity contribution is -0.155. The molecule has 1 rings (SSSR count). The zero-order valence-corrected chi connectivity index (χ0v) is 16.1. The molecule has 0 aromatic carbocycles. The van der Waals surface area contributed by atoms with Gasteiger partial charge < -0.3 is 14.8 Å². The SMILES string of the molecule is CCOC(=O)CC(=O)NC(c1ccc(C(F)(F)F)nc1)C(C)(C)C(=O)OCC. The highest BCUT2D eigenvalue weighted by Crippen LogP contribution is 2.36. The number of carbonyl (C=O) groups excluding carboxylic acids is 3. The van der Waals surface area contributed by atoms with E-state index >= 15 is 0 Å². The lowest BCUT2D eigenvalue weighted by Gasteiger charge is -2.33. The molecule has 1 amide bonds. The first-order valence-electron chi connectivity index (χ1n) is 8.58. The predicted octanol–water partition coefficient (Wildman–Crippen LogP) is 2.80. The van der Waals surface area contributed by atoms with Crippen molar-refractivity contribution >= 4 is 17.8 Å².